The van der Waals surface area contributed by atoms with E-state index in [1.165, 1.54) is 16.0 Å². The highest BCUT2D eigenvalue weighted by atomic mass is 32.2. The molecule has 2 unspecified atom stereocenters. The van der Waals surface area contributed by atoms with Crippen LogP contribution in [0.15, 0.2) is 53.4 Å². The molecule has 1 nitrogen and oxygen atoms in total. The summed E-state index contributed by atoms with van der Waals surface area (Å²) in [5.74, 6) is 1.48. The maximum atomic E-state index is 13.1. The average molecular weight is 301 g/mol. The number of fused-ring (bicyclic) bond motifs is 1. The Balaban J connectivity index is 1.80. The van der Waals surface area contributed by atoms with Crippen molar-refractivity contribution in [3.8, 4) is 0 Å². The Labute approximate surface area is 130 Å². The highest BCUT2D eigenvalue weighted by molar-refractivity contribution is 7.99. The second-order valence-corrected chi connectivity index (χ2v) is 6.51. The third kappa shape index (κ3) is 3.30. The molecule has 0 fully saturated rings. The third-order valence-corrected chi connectivity index (χ3v) is 5.27. The first-order chi connectivity index (χ1) is 10.3. The minimum Gasteiger partial charge on any atom is -0.313 e. The zero-order valence-corrected chi connectivity index (χ0v) is 13.0. The summed E-state index contributed by atoms with van der Waals surface area (Å²) in [5.41, 5.74) is 2.65. The number of benzene rings is 2. The molecule has 0 saturated heterocycles. The zero-order valence-electron chi connectivity index (χ0n) is 12.2. The Kier molecular flexibility index (Phi) is 4.61. The monoisotopic (exact) mass is 301 g/mol. The lowest BCUT2D eigenvalue weighted by Crippen LogP contribution is -2.37. The lowest BCUT2D eigenvalue weighted by molar-refractivity contribution is 0.463. The number of rotatable bonds is 5. The van der Waals surface area contributed by atoms with Gasteiger partial charge in [-0.15, -0.1) is 11.8 Å². The molecule has 1 heterocycles. The van der Waals surface area contributed by atoms with Crippen LogP contribution in [-0.2, 0) is 6.42 Å². The molecule has 2 aromatic carbocycles. The van der Waals surface area contributed by atoms with E-state index in [-0.39, 0.29) is 5.82 Å². The molecule has 3 rings (SSSR count). The average Bonchev–Trinajstić information content (AvgIpc) is 2.93. The van der Waals surface area contributed by atoms with E-state index >= 15 is 0 Å². The van der Waals surface area contributed by atoms with E-state index in [9.17, 15) is 4.39 Å². The maximum absolute atomic E-state index is 13.1. The van der Waals surface area contributed by atoms with Crippen LogP contribution in [0.3, 0.4) is 0 Å². The molecule has 21 heavy (non-hydrogen) atoms. The van der Waals surface area contributed by atoms with Crippen molar-refractivity contribution in [2.45, 2.75) is 30.2 Å². The van der Waals surface area contributed by atoms with Gasteiger partial charge in [0.1, 0.15) is 5.82 Å². The Morgan fingerprint density at radius 2 is 1.95 bits per heavy atom. The summed E-state index contributed by atoms with van der Waals surface area (Å²) in [4.78, 5) is 1.41. The van der Waals surface area contributed by atoms with Gasteiger partial charge in [-0.3, -0.25) is 0 Å². The number of nitrogens with one attached hydrogen (secondary N) is 1. The van der Waals surface area contributed by atoms with Crippen LogP contribution >= 0.6 is 11.8 Å². The molecule has 0 aliphatic carbocycles. The maximum Gasteiger partial charge on any atom is 0.123 e. The van der Waals surface area contributed by atoms with Gasteiger partial charge in [-0.25, -0.2) is 4.39 Å². The van der Waals surface area contributed by atoms with Crippen LogP contribution in [-0.4, -0.2) is 18.3 Å². The van der Waals surface area contributed by atoms with Crippen molar-refractivity contribution in [3.05, 3.63) is 65.5 Å². The van der Waals surface area contributed by atoms with E-state index in [1.807, 2.05) is 23.9 Å². The van der Waals surface area contributed by atoms with Gasteiger partial charge in [-0.2, -0.15) is 0 Å². The fourth-order valence-electron chi connectivity index (χ4n) is 3.01. The second kappa shape index (κ2) is 6.63. The summed E-state index contributed by atoms with van der Waals surface area (Å²) in [6.45, 7) is 3.10. The summed E-state index contributed by atoms with van der Waals surface area (Å²) in [7, 11) is 0. The number of halogens is 1. The number of thioether (sulfide) groups is 1. The molecule has 1 N–H and O–H groups in total. The first kappa shape index (κ1) is 14.6. The highest BCUT2D eigenvalue weighted by Gasteiger charge is 2.29. The molecule has 1 aliphatic rings. The second-order valence-electron chi connectivity index (χ2n) is 5.45. The van der Waals surface area contributed by atoms with E-state index in [4.69, 9.17) is 0 Å². The first-order valence-corrected chi connectivity index (χ1v) is 8.46. The fourth-order valence-corrected chi connectivity index (χ4v) is 4.35. The van der Waals surface area contributed by atoms with Crippen molar-refractivity contribution in [2.24, 2.45) is 0 Å². The van der Waals surface area contributed by atoms with Gasteiger partial charge >= 0.3 is 0 Å². The Morgan fingerprint density at radius 3 is 2.71 bits per heavy atom. The van der Waals surface area contributed by atoms with Crippen molar-refractivity contribution in [1.29, 1.82) is 0 Å². The Morgan fingerprint density at radius 1 is 1.19 bits per heavy atom. The molecular formula is C18H20FNS. The van der Waals surface area contributed by atoms with E-state index in [0.717, 1.165) is 18.7 Å². The van der Waals surface area contributed by atoms with Crippen molar-refractivity contribution >= 4 is 11.8 Å². The Bertz CT molecular complexity index is 596. The van der Waals surface area contributed by atoms with Crippen LogP contribution in [0.25, 0.3) is 0 Å². The summed E-state index contributed by atoms with van der Waals surface area (Å²) >= 11 is 1.94. The molecule has 2 aromatic rings. The molecule has 0 amide bonds. The van der Waals surface area contributed by atoms with Gasteiger partial charge in [-0.1, -0.05) is 37.3 Å². The Hall–Kier alpha value is -1.32. The van der Waals surface area contributed by atoms with Gasteiger partial charge in [0.05, 0.1) is 0 Å². The van der Waals surface area contributed by atoms with Crippen molar-refractivity contribution in [3.63, 3.8) is 0 Å². The first-order valence-electron chi connectivity index (χ1n) is 7.47. The molecule has 0 radical (unpaired) electrons. The lowest BCUT2D eigenvalue weighted by Gasteiger charge is -2.25. The molecule has 0 spiro atoms. The predicted molar refractivity (Wildman–Crippen MR) is 87.5 cm³/mol. The topological polar surface area (TPSA) is 12.0 Å². The molecule has 0 saturated carbocycles. The molecular weight excluding hydrogens is 281 g/mol. The predicted octanol–water partition coefficient (Wildman–Crippen LogP) is 4.24. The van der Waals surface area contributed by atoms with Crippen LogP contribution < -0.4 is 5.32 Å². The van der Waals surface area contributed by atoms with Gasteiger partial charge in [0.15, 0.2) is 0 Å². The minimum absolute atomic E-state index is 0.166. The van der Waals surface area contributed by atoms with Crippen LogP contribution in [0.2, 0.25) is 0 Å². The molecule has 2 atom stereocenters. The van der Waals surface area contributed by atoms with Gasteiger partial charge in [0, 0.05) is 22.6 Å². The van der Waals surface area contributed by atoms with Crippen molar-refractivity contribution in [1.82, 2.24) is 5.32 Å². The molecule has 0 bridgehead atoms. The standard InChI is InChI=1S/C18H20FNS/c1-2-20-17(11-13-7-9-14(19)10-8-13)16-12-21-18-6-4-3-5-15(16)18/h3-10,16-17,20H,2,11-12H2,1H3. The molecule has 1 aliphatic heterocycles. The van der Waals surface area contributed by atoms with Crippen molar-refractivity contribution < 1.29 is 4.39 Å². The van der Waals surface area contributed by atoms with Crippen LogP contribution in [0, 0.1) is 5.82 Å². The normalized spacial score (nSPS) is 18.5. The smallest absolute Gasteiger partial charge is 0.123 e. The van der Waals surface area contributed by atoms with Gasteiger partial charge < -0.3 is 5.32 Å². The summed E-state index contributed by atoms with van der Waals surface area (Å²) in [6, 6.07) is 16.0. The van der Waals surface area contributed by atoms with E-state index in [0.29, 0.717) is 12.0 Å². The summed E-state index contributed by atoms with van der Waals surface area (Å²) in [5, 5.41) is 3.62. The quantitative estimate of drug-likeness (QED) is 0.886. The lowest BCUT2D eigenvalue weighted by atomic mass is 9.89. The number of hydrogen-bond acceptors (Lipinski definition) is 2. The fraction of sp³-hybridized carbons (Fsp3) is 0.333. The number of hydrogen-bond donors (Lipinski definition) is 1. The van der Waals surface area contributed by atoms with Crippen LogP contribution in [0.5, 0.6) is 0 Å². The van der Waals surface area contributed by atoms with Gasteiger partial charge in [0.25, 0.3) is 0 Å². The zero-order chi connectivity index (χ0) is 14.7. The molecule has 3 heteroatoms. The summed E-state index contributed by atoms with van der Waals surface area (Å²) < 4.78 is 13.1. The minimum atomic E-state index is -0.166. The van der Waals surface area contributed by atoms with E-state index in [1.54, 1.807) is 12.1 Å². The molecule has 110 valence electrons. The molecule has 0 aromatic heterocycles. The van der Waals surface area contributed by atoms with Crippen LogP contribution in [0.4, 0.5) is 4.39 Å². The van der Waals surface area contributed by atoms with Gasteiger partial charge in [0.2, 0.25) is 0 Å². The van der Waals surface area contributed by atoms with E-state index < -0.39 is 0 Å². The number of likely N-dealkylation sites (N-methyl/N-ethyl adjacent to an activating group) is 1. The van der Waals surface area contributed by atoms with Gasteiger partial charge in [-0.05, 0) is 42.3 Å². The highest BCUT2D eigenvalue weighted by Crippen LogP contribution is 2.41. The third-order valence-electron chi connectivity index (χ3n) is 4.06. The van der Waals surface area contributed by atoms with Crippen molar-refractivity contribution in [2.75, 3.05) is 12.3 Å². The van der Waals surface area contributed by atoms with E-state index in [2.05, 4.69) is 36.5 Å². The summed E-state index contributed by atoms with van der Waals surface area (Å²) in [6.07, 6.45) is 0.938. The van der Waals surface area contributed by atoms with Crippen LogP contribution in [0.1, 0.15) is 24.0 Å². The SMILES string of the molecule is CCNC(Cc1ccc(F)cc1)C1CSc2ccccc21. The largest absolute Gasteiger partial charge is 0.313 e.